The maximum atomic E-state index is 8.86. The lowest BCUT2D eigenvalue weighted by atomic mass is 10.1. The summed E-state index contributed by atoms with van der Waals surface area (Å²) in [6.07, 6.45) is 2.15. The Hall–Kier alpha value is -1.30. The molecule has 1 N–H and O–H groups in total. The summed E-state index contributed by atoms with van der Waals surface area (Å²) >= 11 is 0. The normalized spacial score (nSPS) is 15.7. The van der Waals surface area contributed by atoms with Crippen LogP contribution in [-0.4, -0.2) is 62.7 Å². The molecule has 1 aromatic rings. The highest BCUT2D eigenvalue weighted by Gasteiger charge is 2.10. The van der Waals surface area contributed by atoms with Gasteiger partial charge < -0.3 is 19.3 Å². The van der Waals surface area contributed by atoms with Gasteiger partial charge in [0.2, 0.25) is 0 Å². The van der Waals surface area contributed by atoms with Crippen LogP contribution in [0.15, 0.2) is 18.2 Å². The van der Waals surface area contributed by atoms with Crippen molar-refractivity contribution in [3.05, 3.63) is 23.8 Å². The monoisotopic (exact) mass is 309 g/mol. The first-order valence-corrected chi connectivity index (χ1v) is 8.13. The van der Waals surface area contributed by atoms with Crippen LogP contribution in [0.25, 0.3) is 0 Å². The summed E-state index contributed by atoms with van der Waals surface area (Å²) in [6.45, 7) is 7.75. The number of morpholine rings is 1. The predicted molar refractivity (Wildman–Crippen MR) is 85.8 cm³/mol. The van der Waals surface area contributed by atoms with Crippen molar-refractivity contribution in [2.45, 2.75) is 19.8 Å². The number of nitrogens with zero attached hydrogens (tertiary/aromatic N) is 1. The van der Waals surface area contributed by atoms with Crippen molar-refractivity contribution < 1.29 is 19.3 Å². The topological polar surface area (TPSA) is 51.2 Å². The van der Waals surface area contributed by atoms with Crippen LogP contribution < -0.4 is 9.47 Å². The van der Waals surface area contributed by atoms with E-state index in [0.29, 0.717) is 12.4 Å². The molecule has 0 atom stereocenters. The summed E-state index contributed by atoms with van der Waals surface area (Å²) in [7, 11) is 0. The smallest absolute Gasteiger partial charge is 0.161 e. The van der Waals surface area contributed by atoms with Crippen LogP contribution in [0.5, 0.6) is 11.5 Å². The zero-order chi connectivity index (χ0) is 15.6. The molecule has 1 aromatic carbocycles. The van der Waals surface area contributed by atoms with Gasteiger partial charge >= 0.3 is 0 Å². The number of ether oxygens (including phenoxy) is 3. The SMILES string of the molecule is CCOc1cc(CCCN2CCOCC2)ccc1OCCO. The van der Waals surface area contributed by atoms with Gasteiger partial charge in [0.25, 0.3) is 0 Å². The molecular weight excluding hydrogens is 282 g/mol. The molecule has 1 saturated heterocycles. The van der Waals surface area contributed by atoms with Crippen LogP contribution in [0.1, 0.15) is 18.9 Å². The van der Waals surface area contributed by atoms with E-state index >= 15 is 0 Å². The average Bonchev–Trinajstić information content (AvgIpc) is 2.55. The van der Waals surface area contributed by atoms with Gasteiger partial charge in [-0.05, 0) is 44.0 Å². The van der Waals surface area contributed by atoms with E-state index in [-0.39, 0.29) is 13.2 Å². The Morgan fingerprint density at radius 2 is 2.00 bits per heavy atom. The van der Waals surface area contributed by atoms with Gasteiger partial charge in [0, 0.05) is 13.1 Å². The van der Waals surface area contributed by atoms with Crippen LogP contribution >= 0.6 is 0 Å². The van der Waals surface area contributed by atoms with Gasteiger partial charge in [-0.15, -0.1) is 0 Å². The van der Waals surface area contributed by atoms with E-state index in [9.17, 15) is 0 Å². The molecule has 0 aliphatic carbocycles. The van der Waals surface area contributed by atoms with Gasteiger partial charge in [-0.1, -0.05) is 6.07 Å². The Morgan fingerprint density at radius 1 is 1.18 bits per heavy atom. The minimum atomic E-state index is 0.00681. The number of aliphatic hydroxyl groups is 1. The van der Waals surface area contributed by atoms with Gasteiger partial charge in [-0.2, -0.15) is 0 Å². The summed E-state index contributed by atoms with van der Waals surface area (Å²) in [6, 6.07) is 6.06. The third-order valence-corrected chi connectivity index (χ3v) is 3.70. The van der Waals surface area contributed by atoms with E-state index in [0.717, 1.165) is 51.4 Å². The van der Waals surface area contributed by atoms with Gasteiger partial charge in [-0.25, -0.2) is 0 Å². The first-order chi connectivity index (χ1) is 10.8. The molecule has 124 valence electrons. The van der Waals surface area contributed by atoms with Gasteiger partial charge in [0.05, 0.1) is 26.4 Å². The second kappa shape index (κ2) is 9.66. The van der Waals surface area contributed by atoms with E-state index in [1.807, 2.05) is 13.0 Å². The van der Waals surface area contributed by atoms with Crippen LogP contribution in [0.2, 0.25) is 0 Å². The Kier molecular flexibility index (Phi) is 7.49. The molecule has 1 aliphatic heterocycles. The number of benzene rings is 1. The van der Waals surface area contributed by atoms with Crippen molar-refractivity contribution in [2.75, 3.05) is 52.7 Å². The predicted octanol–water partition coefficient (Wildman–Crippen LogP) is 1.72. The van der Waals surface area contributed by atoms with Crippen molar-refractivity contribution >= 4 is 0 Å². The number of hydrogen-bond acceptors (Lipinski definition) is 5. The van der Waals surface area contributed by atoms with E-state index in [1.54, 1.807) is 0 Å². The van der Waals surface area contributed by atoms with Crippen molar-refractivity contribution in [2.24, 2.45) is 0 Å². The van der Waals surface area contributed by atoms with Crippen molar-refractivity contribution in [1.82, 2.24) is 4.90 Å². The molecule has 1 fully saturated rings. The molecule has 5 nitrogen and oxygen atoms in total. The maximum Gasteiger partial charge on any atom is 0.161 e. The van der Waals surface area contributed by atoms with Crippen LogP contribution in [0, 0.1) is 0 Å². The molecule has 2 rings (SSSR count). The molecule has 5 heteroatoms. The van der Waals surface area contributed by atoms with Crippen molar-refractivity contribution in [3.63, 3.8) is 0 Å². The number of hydrogen-bond donors (Lipinski definition) is 1. The van der Waals surface area contributed by atoms with Gasteiger partial charge in [0.15, 0.2) is 11.5 Å². The van der Waals surface area contributed by atoms with Crippen LogP contribution in [0.4, 0.5) is 0 Å². The highest BCUT2D eigenvalue weighted by molar-refractivity contribution is 5.43. The standard InChI is InChI=1S/C17H27NO4/c1-2-21-17-14-15(5-6-16(17)22-13-10-19)4-3-7-18-8-11-20-12-9-18/h5-6,14,19H,2-4,7-13H2,1H3. The van der Waals surface area contributed by atoms with E-state index in [2.05, 4.69) is 17.0 Å². The van der Waals surface area contributed by atoms with Crippen LogP contribution in [0.3, 0.4) is 0 Å². The van der Waals surface area contributed by atoms with E-state index in [1.165, 1.54) is 5.56 Å². The molecule has 0 bridgehead atoms. The van der Waals surface area contributed by atoms with E-state index in [4.69, 9.17) is 19.3 Å². The van der Waals surface area contributed by atoms with Crippen LogP contribution in [-0.2, 0) is 11.2 Å². The molecule has 22 heavy (non-hydrogen) atoms. The molecule has 0 saturated carbocycles. The molecule has 0 spiro atoms. The second-order valence-corrected chi connectivity index (χ2v) is 5.34. The Balaban J connectivity index is 1.85. The molecule has 0 unspecified atom stereocenters. The molecule has 1 heterocycles. The first kappa shape index (κ1) is 17.1. The van der Waals surface area contributed by atoms with Crippen molar-refractivity contribution in [1.29, 1.82) is 0 Å². The number of rotatable bonds is 9. The average molecular weight is 309 g/mol. The van der Waals surface area contributed by atoms with E-state index < -0.39 is 0 Å². The van der Waals surface area contributed by atoms with Crippen molar-refractivity contribution in [3.8, 4) is 11.5 Å². The lowest BCUT2D eigenvalue weighted by Gasteiger charge is -2.26. The Morgan fingerprint density at radius 3 is 2.73 bits per heavy atom. The fraction of sp³-hybridized carbons (Fsp3) is 0.647. The number of aryl methyl sites for hydroxylation is 1. The maximum absolute atomic E-state index is 8.86. The largest absolute Gasteiger partial charge is 0.490 e. The number of aliphatic hydroxyl groups excluding tert-OH is 1. The second-order valence-electron chi connectivity index (χ2n) is 5.34. The zero-order valence-electron chi connectivity index (χ0n) is 13.4. The quantitative estimate of drug-likeness (QED) is 0.753. The Bertz CT molecular complexity index is 433. The van der Waals surface area contributed by atoms with Gasteiger partial charge in [-0.3, -0.25) is 4.90 Å². The summed E-state index contributed by atoms with van der Waals surface area (Å²) in [5.41, 5.74) is 1.26. The minimum Gasteiger partial charge on any atom is -0.490 e. The minimum absolute atomic E-state index is 0.00681. The molecule has 1 aliphatic rings. The molecule has 0 amide bonds. The summed E-state index contributed by atoms with van der Waals surface area (Å²) < 4.78 is 16.5. The fourth-order valence-corrected chi connectivity index (χ4v) is 2.58. The zero-order valence-corrected chi connectivity index (χ0v) is 13.4. The molecule has 0 radical (unpaired) electrons. The Labute approximate surface area is 132 Å². The fourth-order valence-electron chi connectivity index (χ4n) is 2.58. The molecule has 0 aromatic heterocycles. The first-order valence-electron chi connectivity index (χ1n) is 8.13. The lowest BCUT2D eigenvalue weighted by molar-refractivity contribution is 0.0374. The third kappa shape index (κ3) is 5.48. The lowest BCUT2D eigenvalue weighted by Crippen LogP contribution is -2.36. The highest BCUT2D eigenvalue weighted by atomic mass is 16.5. The van der Waals surface area contributed by atoms with Gasteiger partial charge in [0.1, 0.15) is 6.61 Å². The molecular formula is C17H27NO4. The summed E-state index contributed by atoms with van der Waals surface area (Å²) in [5.74, 6) is 1.47. The summed E-state index contributed by atoms with van der Waals surface area (Å²) in [4.78, 5) is 2.45. The third-order valence-electron chi connectivity index (χ3n) is 3.70. The highest BCUT2D eigenvalue weighted by Crippen LogP contribution is 2.29. The summed E-state index contributed by atoms with van der Waals surface area (Å²) in [5, 5.41) is 8.86.